The van der Waals surface area contributed by atoms with Crippen molar-refractivity contribution in [1.29, 1.82) is 0 Å². The SMILES string of the molecule is CN1CCC2=NNC(c3cn(C)c4ccccc34)C2C1. The van der Waals surface area contributed by atoms with E-state index < -0.39 is 0 Å². The highest BCUT2D eigenvalue weighted by Gasteiger charge is 2.37. The molecule has 0 bridgehead atoms. The lowest BCUT2D eigenvalue weighted by Gasteiger charge is -2.30. The number of nitrogens with one attached hydrogen (secondary N) is 1. The van der Waals surface area contributed by atoms with Crippen LogP contribution in [0.1, 0.15) is 18.0 Å². The average molecular weight is 268 g/mol. The highest BCUT2D eigenvalue weighted by Crippen LogP contribution is 2.36. The van der Waals surface area contributed by atoms with Crippen LogP contribution in [0.25, 0.3) is 10.9 Å². The molecule has 2 aromatic rings. The van der Waals surface area contributed by atoms with Crippen LogP contribution in [0.5, 0.6) is 0 Å². The summed E-state index contributed by atoms with van der Waals surface area (Å²) in [5.74, 6) is 0.513. The molecule has 0 spiro atoms. The zero-order valence-corrected chi connectivity index (χ0v) is 12.0. The molecule has 0 aliphatic carbocycles. The van der Waals surface area contributed by atoms with E-state index in [1.807, 2.05) is 0 Å². The van der Waals surface area contributed by atoms with Gasteiger partial charge in [-0.25, -0.2) is 0 Å². The first-order chi connectivity index (χ1) is 9.74. The number of aromatic nitrogens is 1. The molecule has 4 rings (SSSR count). The molecular formula is C16H20N4. The zero-order valence-electron chi connectivity index (χ0n) is 12.0. The van der Waals surface area contributed by atoms with Crippen LogP contribution in [0.15, 0.2) is 35.6 Å². The minimum Gasteiger partial charge on any atom is -0.350 e. The molecule has 1 aromatic carbocycles. The van der Waals surface area contributed by atoms with Crippen molar-refractivity contribution in [3.63, 3.8) is 0 Å². The van der Waals surface area contributed by atoms with Gasteiger partial charge in [0.25, 0.3) is 0 Å². The minimum atomic E-state index is 0.318. The smallest absolute Gasteiger partial charge is 0.0803 e. The Morgan fingerprint density at radius 2 is 2.10 bits per heavy atom. The van der Waals surface area contributed by atoms with E-state index >= 15 is 0 Å². The number of aryl methyl sites for hydroxylation is 1. The summed E-state index contributed by atoms with van der Waals surface area (Å²) >= 11 is 0. The number of hydrogen-bond donors (Lipinski definition) is 1. The second-order valence-corrected chi connectivity index (χ2v) is 6.04. The van der Waals surface area contributed by atoms with Gasteiger partial charge in [-0.05, 0) is 13.1 Å². The second-order valence-electron chi connectivity index (χ2n) is 6.04. The quantitative estimate of drug-likeness (QED) is 0.859. The highest BCUT2D eigenvalue weighted by molar-refractivity contribution is 5.92. The van der Waals surface area contributed by atoms with Gasteiger partial charge in [-0.1, -0.05) is 18.2 Å². The third-order valence-corrected chi connectivity index (χ3v) is 4.70. The van der Waals surface area contributed by atoms with Crippen molar-refractivity contribution in [2.45, 2.75) is 12.5 Å². The summed E-state index contributed by atoms with van der Waals surface area (Å²) in [6, 6.07) is 8.94. The first-order valence-electron chi connectivity index (χ1n) is 7.28. The number of hydrazone groups is 1. The Morgan fingerprint density at radius 3 is 3.00 bits per heavy atom. The predicted molar refractivity (Wildman–Crippen MR) is 81.8 cm³/mol. The van der Waals surface area contributed by atoms with E-state index in [1.54, 1.807) is 0 Å². The van der Waals surface area contributed by atoms with Crippen molar-refractivity contribution in [1.82, 2.24) is 14.9 Å². The van der Waals surface area contributed by atoms with E-state index in [2.05, 4.69) is 64.6 Å². The van der Waals surface area contributed by atoms with Crippen LogP contribution in [-0.4, -0.2) is 35.3 Å². The molecule has 4 heteroatoms. The van der Waals surface area contributed by atoms with Crippen molar-refractivity contribution in [3.8, 4) is 0 Å². The summed E-state index contributed by atoms with van der Waals surface area (Å²) in [5.41, 5.74) is 7.41. The molecule has 2 aliphatic rings. The molecule has 1 N–H and O–H groups in total. The Labute approximate surface area is 119 Å². The van der Waals surface area contributed by atoms with Crippen LogP contribution in [0, 0.1) is 5.92 Å². The van der Waals surface area contributed by atoms with E-state index in [9.17, 15) is 0 Å². The second kappa shape index (κ2) is 4.35. The third kappa shape index (κ3) is 1.68. The number of nitrogens with zero attached hydrogens (tertiary/aromatic N) is 3. The molecule has 1 aromatic heterocycles. The van der Waals surface area contributed by atoms with Crippen LogP contribution in [-0.2, 0) is 7.05 Å². The largest absolute Gasteiger partial charge is 0.350 e. The lowest BCUT2D eigenvalue weighted by molar-refractivity contribution is 0.273. The van der Waals surface area contributed by atoms with Crippen molar-refractivity contribution < 1.29 is 0 Å². The van der Waals surface area contributed by atoms with Gasteiger partial charge in [-0.2, -0.15) is 5.10 Å². The summed E-state index contributed by atoms with van der Waals surface area (Å²) in [4.78, 5) is 2.41. The summed E-state index contributed by atoms with van der Waals surface area (Å²) in [6.45, 7) is 2.22. The average Bonchev–Trinajstić information content (AvgIpc) is 3.00. The van der Waals surface area contributed by atoms with Gasteiger partial charge in [0.1, 0.15) is 0 Å². The number of piperidine rings is 1. The van der Waals surface area contributed by atoms with Crippen LogP contribution >= 0.6 is 0 Å². The molecule has 0 saturated carbocycles. The Balaban J connectivity index is 1.77. The first-order valence-corrected chi connectivity index (χ1v) is 7.28. The van der Waals surface area contributed by atoms with Gasteiger partial charge < -0.3 is 14.9 Å². The molecule has 2 unspecified atom stereocenters. The molecule has 3 heterocycles. The number of likely N-dealkylation sites (tertiary alicyclic amines) is 1. The number of fused-ring (bicyclic) bond motifs is 2. The molecule has 1 saturated heterocycles. The topological polar surface area (TPSA) is 32.6 Å². The van der Waals surface area contributed by atoms with Gasteiger partial charge in [-0.3, -0.25) is 0 Å². The fourth-order valence-electron chi connectivity index (χ4n) is 3.61. The summed E-state index contributed by atoms with van der Waals surface area (Å²) in [7, 11) is 4.32. The van der Waals surface area contributed by atoms with Gasteiger partial charge in [0.15, 0.2) is 0 Å². The van der Waals surface area contributed by atoms with Gasteiger partial charge >= 0.3 is 0 Å². The monoisotopic (exact) mass is 268 g/mol. The van der Waals surface area contributed by atoms with Gasteiger partial charge in [-0.15, -0.1) is 0 Å². The molecule has 104 valence electrons. The van der Waals surface area contributed by atoms with Crippen LogP contribution in [0.4, 0.5) is 0 Å². The van der Waals surface area contributed by atoms with E-state index in [0.717, 1.165) is 19.5 Å². The lowest BCUT2D eigenvalue weighted by Crippen LogP contribution is -2.39. The Morgan fingerprint density at radius 1 is 1.25 bits per heavy atom. The Kier molecular flexibility index (Phi) is 2.60. The van der Waals surface area contributed by atoms with Gasteiger partial charge in [0.2, 0.25) is 0 Å². The predicted octanol–water partition coefficient (Wildman–Crippen LogP) is 2.13. The molecule has 1 fully saturated rings. The number of rotatable bonds is 1. The van der Waals surface area contributed by atoms with Crippen molar-refractivity contribution in [2.75, 3.05) is 20.1 Å². The number of benzene rings is 1. The molecule has 2 aliphatic heterocycles. The lowest BCUT2D eigenvalue weighted by atomic mass is 9.86. The highest BCUT2D eigenvalue weighted by atomic mass is 15.4. The van der Waals surface area contributed by atoms with Crippen LogP contribution in [0.2, 0.25) is 0 Å². The van der Waals surface area contributed by atoms with Gasteiger partial charge in [0, 0.05) is 60.9 Å². The maximum atomic E-state index is 4.60. The van der Waals surface area contributed by atoms with E-state index in [4.69, 9.17) is 0 Å². The zero-order chi connectivity index (χ0) is 13.7. The summed E-state index contributed by atoms with van der Waals surface area (Å²) in [5, 5.41) is 5.94. The van der Waals surface area contributed by atoms with Gasteiger partial charge in [0.05, 0.1) is 6.04 Å². The molecule has 0 amide bonds. The summed E-state index contributed by atoms with van der Waals surface area (Å²) < 4.78 is 2.22. The maximum Gasteiger partial charge on any atom is 0.0803 e. The molecule has 4 nitrogen and oxygen atoms in total. The minimum absolute atomic E-state index is 0.318. The third-order valence-electron chi connectivity index (χ3n) is 4.70. The van der Waals surface area contributed by atoms with Crippen LogP contribution in [0.3, 0.4) is 0 Å². The molecule has 2 atom stereocenters. The Bertz CT molecular complexity index is 685. The molecule has 20 heavy (non-hydrogen) atoms. The van der Waals surface area contributed by atoms with E-state index in [-0.39, 0.29) is 0 Å². The number of para-hydroxylation sites is 1. The standard InChI is InChI=1S/C16H20N4/c1-19-8-7-14-13(9-19)16(18-17-14)12-10-20(2)15-6-4-3-5-11(12)15/h3-6,10,13,16,18H,7-9H2,1-2H3. The molecular weight excluding hydrogens is 248 g/mol. The van der Waals surface area contributed by atoms with Crippen molar-refractivity contribution >= 4 is 16.6 Å². The van der Waals surface area contributed by atoms with E-state index in [0.29, 0.717) is 12.0 Å². The fourth-order valence-corrected chi connectivity index (χ4v) is 3.61. The number of hydrogen-bond acceptors (Lipinski definition) is 3. The van der Waals surface area contributed by atoms with E-state index in [1.165, 1.54) is 22.2 Å². The Hall–Kier alpha value is -1.81. The summed E-state index contributed by atoms with van der Waals surface area (Å²) in [6.07, 6.45) is 3.35. The van der Waals surface area contributed by atoms with Crippen molar-refractivity contribution in [3.05, 3.63) is 36.0 Å². The van der Waals surface area contributed by atoms with Crippen LogP contribution < -0.4 is 5.43 Å². The fraction of sp³-hybridized carbons (Fsp3) is 0.438. The maximum absolute atomic E-state index is 4.60. The normalized spacial score (nSPS) is 26.4. The van der Waals surface area contributed by atoms with Crippen molar-refractivity contribution in [2.24, 2.45) is 18.1 Å². The molecule has 0 radical (unpaired) electrons. The first kappa shape index (κ1) is 12.0.